The van der Waals surface area contributed by atoms with E-state index in [0.717, 1.165) is 24.6 Å². The highest BCUT2D eigenvalue weighted by Gasteiger charge is 2.37. The van der Waals surface area contributed by atoms with Gasteiger partial charge in [-0.05, 0) is 25.5 Å². The van der Waals surface area contributed by atoms with E-state index < -0.39 is 0 Å². The number of aryl methyl sites for hydroxylation is 1. The molecule has 2 fully saturated rings. The van der Waals surface area contributed by atoms with Crippen molar-refractivity contribution in [3.05, 3.63) is 23.9 Å². The third-order valence-corrected chi connectivity index (χ3v) is 3.22. The van der Waals surface area contributed by atoms with Crippen LogP contribution in [-0.2, 0) is 0 Å². The SMILES string of the molecule is Cc1cccc(N2C[C@@H]3C[C@H]2CN3)n1. The Hall–Kier alpha value is -1.09. The number of pyridine rings is 1. The van der Waals surface area contributed by atoms with Crippen molar-refractivity contribution in [2.75, 3.05) is 18.0 Å². The molecule has 0 saturated carbocycles. The number of anilines is 1. The van der Waals surface area contributed by atoms with Gasteiger partial charge in [0.2, 0.25) is 0 Å². The normalized spacial score (nSPS) is 29.9. The summed E-state index contributed by atoms with van der Waals surface area (Å²) in [4.78, 5) is 7.01. The van der Waals surface area contributed by atoms with Crippen molar-refractivity contribution in [3.8, 4) is 0 Å². The summed E-state index contributed by atoms with van der Waals surface area (Å²) in [7, 11) is 0. The van der Waals surface area contributed by atoms with E-state index in [-0.39, 0.29) is 0 Å². The zero-order chi connectivity index (χ0) is 9.54. The lowest BCUT2D eigenvalue weighted by Gasteiger charge is -2.28. The van der Waals surface area contributed by atoms with Crippen molar-refractivity contribution in [1.29, 1.82) is 0 Å². The van der Waals surface area contributed by atoms with E-state index in [1.807, 2.05) is 0 Å². The molecule has 3 heteroatoms. The molecule has 2 bridgehead atoms. The molecule has 1 aromatic rings. The Kier molecular flexibility index (Phi) is 1.74. The van der Waals surface area contributed by atoms with Crippen LogP contribution in [0.4, 0.5) is 5.82 Å². The van der Waals surface area contributed by atoms with E-state index in [2.05, 4.69) is 40.3 Å². The number of hydrogen-bond donors (Lipinski definition) is 1. The second-order valence-corrected chi connectivity index (χ2v) is 4.28. The molecule has 74 valence electrons. The predicted molar refractivity (Wildman–Crippen MR) is 56.5 cm³/mol. The smallest absolute Gasteiger partial charge is 0.129 e. The van der Waals surface area contributed by atoms with Crippen LogP contribution >= 0.6 is 0 Å². The minimum Gasteiger partial charge on any atom is -0.351 e. The maximum absolute atomic E-state index is 4.57. The standard InChI is InChI=1S/C11H15N3/c1-8-3-2-4-11(13-8)14-7-9-5-10(14)6-12-9/h2-4,9-10,12H,5-7H2,1H3/t9-,10-/m0/s1. The second kappa shape index (κ2) is 2.95. The van der Waals surface area contributed by atoms with Gasteiger partial charge in [0.15, 0.2) is 0 Å². The van der Waals surface area contributed by atoms with E-state index in [9.17, 15) is 0 Å². The summed E-state index contributed by atoms with van der Waals surface area (Å²) in [6, 6.07) is 7.64. The number of fused-ring (bicyclic) bond motifs is 2. The molecule has 3 rings (SSSR count). The van der Waals surface area contributed by atoms with Crippen LogP contribution in [0.3, 0.4) is 0 Å². The number of aromatic nitrogens is 1. The van der Waals surface area contributed by atoms with Gasteiger partial charge in [-0.2, -0.15) is 0 Å². The first-order chi connectivity index (χ1) is 6.83. The van der Waals surface area contributed by atoms with Gasteiger partial charge in [-0.15, -0.1) is 0 Å². The molecule has 1 aromatic heterocycles. The number of rotatable bonds is 1. The topological polar surface area (TPSA) is 28.2 Å². The zero-order valence-corrected chi connectivity index (χ0v) is 8.40. The third-order valence-electron chi connectivity index (χ3n) is 3.22. The molecule has 0 aliphatic carbocycles. The summed E-state index contributed by atoms with van der Waals surface area (Å²) in [5.41, 5.74) is 1.11. The zero-order valence-electron chi connectivity index (χ0n) is 8.40. The Bertz CT molecular complexity index is 350. The van der Waals surface area contributed by atoms with Crippen LogP contribution in [-0.4, -0.2) is 30.2 Å². The molecule has 2 aliphatic rings. The summed E-state index contributed by atoms with van der Waals surface area (Å²) in [5.74, 6) is 1.15. The molecule has 2 saturated heterocycles. The van der Waals surface area contributed by atoms with Gasteiger partial charge in [0.25, 0.3) is 0 Å². The molecular weight excluding hydrogens is 174 g/mol. The van der Waals surface area contributed by atoms with Crippen molar-refractivity contribution in [2.24, 2.45) is 0 Å². The van der Waals surface area contributed by atoms with Gasteiger partial charge in [0.1, 0.15) is 5.82 Å². The molecule has 0 spiro atoms. The highest BCUT2D eigenvalue weighted by Crippen LogP contribution is 2.27. The molecule has 0 unspecified atom stereocenters. The number of nitrogens with one attached hydrogen (secondary N) is 1. The van der Waals surface area contributed by atoms with Crippen LogP contribution in [0.15, 0.2) is 18.2 Å². The first-order valence-electron chi connectivity index (χ1n) is 5.26. The molecule has 0 radical (unpaired) electrons. The van der Waals surface area contributed by atoms with Crippen LogP contribution < -0.4 is 10.2 Å². The highest BCUT2D eigenvalue weighted by atomic mass is 15.3. The maximum Gasteiger partial charge on any atom is 0.129 e. The molecule has 1 N–H and O–H groups in total. The maximum atomic E-state index is 4.57. The highest BCUT2D eigenvalue weighted by molar-refractivity contribution is 5.43. The van der Waals surface area contributed by atoms with Gasteiger partial charge < -0.3 is 10.2 Å². The van der Waals surface area contributed by atoms with Gasteiger partial charge in [-0.3, -0.25) is 0 Å². The number of hydrogen-bond acceptors (Lipinski definition) is 3. The molecule has 2 atom stereocenters. The Balaban J connectivity index is 1.89. The average Bonchev–Trinajstić information content (AvgIpc) is 2.78. The van der Waals surface area contributed by atoms with E-state index in [1.165, 1.54) is 6.42 Å². The summed E-state index contributed by atoms with van der Waals surface area (Å²) in [5, 5.41) is 3.50. The average molecular weight is 189 g/mol. The fraction of sp³-hybridized carbons (Fsp3) is 0.545. The van der Waals surface area contributed by atoms with Crippen molar-refractivity contribution >= 4 is 5.82 Å². The van der Waals surface area contributed by atoms with Crippen molar-refractivity contribution in [3.63, 3.8) is 0 Å². The Morgan fingerprint density at radius 3 is 3.07 bits per heavy atom. The van der Waals surface area contributed by atoms with Gasteiger partial charge >= 0.3 is 0 Å². The Morgan fingerprint density at radius 1 is 1.50 bits per heavy atom. The summed E-state index contributed by atoms with van der Waals surface area (Å²) in [6.45, 7) is 4.30. The van der Waals surface area contributed by atoms with E-state index in [4.69, 9.17) is 0 Å². The molecule has 0 amide bonds. The fourth-order valence-electron chi connectivity index (χ4n) is 2.53. The second-order valence-electron chi connectivity index (χ2n) is 4.28. The van der Waals surface area contributed by atoms with Crippen LogP contribution in [0.25, 0.3) is 0 Å². The summed E-state index contributed by atoms with van der Waals surface area (Å²) >= 11 is 0. The monoisotopic (exact) mass is 189 g/mol. The van der Waals surface area contributed by atoms with E-state index in [1.54, 1.807) is 0 Å². The van der Waals surface area contributed by atoms with Crippen molar-refractivity contribution in [2.45, 2.75) is 25.4 Å². The summed E-state index contributed by atoms with van der Waals surface area (Å²) in [6.07, 6.45) is 1.29. The van der Waals surface area contributed by atoms with Crippen molar-refractivity contribution < 1.29 is 0 Å². The first kappa shape index (κ1) is 8.24. The van der Waals surface area contributed by atoms with E-state index in [0.29, 0.717) is 12.1 Å². The largest absolute Gasteiger partial charge is 0.351 e. The van der Waals surface area contributed by atoms with Gasteiger partial charge in [0.05, 0.1) is 0 Å². The Labute approximate surface area is 84.1 Å². The van der Waals surface area contributed by atoms with E-state index >= 15 is 0 Å². The molecular formula is C11H15N3. The van der Waals surface area contributed by atoms with Gasteiger partial charge in [-0.1, -0.05) is 6.07 Å². The first-order valence-corrected chi connectivity index (χ1v) is 5.26. The minimum absolute atomic E-state index is 0.675. The lowest BCUT2D eigenvalue weighted by atomic mass is 10.2. The number of nitrogens with zero attached hydrogens (tertiary/aromatic N) is 2. The fourth-order valence-corrected chi connectivity index (χ4v) is 2.53. The third kappa shape index (κ3) is 1.20. The lowest BCUT2D eigenvalue weighted by Crippen LogP contribution is -2.44. The quantitative estimate of drug-likeness (QED) is 0.712. The summed E-state index contributed by atoms with van der Waals surface area (Å²) < 4.78 is 0. The van der Waals surface area contributed by atoms with Crippen LogP contribution in [0, 0.1) is 6.92 Å². The van der Waals surface area contributed by atoms with Gasteiger partial charge in [0, 0.05) is 30.9 Å². The van der Waals surface area contributed by atoms with Crippen LogP contribution in [0.2, 0.25) is 0 Å². The van der Waals surface area contributed by atoms with Crippen molar-refractivity contribution in [1.82, 2.24) is 10.3 Å². The lowest BCUT2D eigenvalue weighted by molar-refractivity contribution is 0.576. The van der Waals surface area contributed by atoms with Gasteiger partial charge in [-0.25, -0.2) is 4.98 Å². The molecule has 3 heterocycles. The molecule has 3 nitrogen and oxygen atoms in total. The van der Waals surface area contributed by atoms with Crippen LogP contribution in [0.1, 0.15) is 12.1 Å². The predicted octanol–water partition coefficient (Wildman–Crippen LogP) is 0.941. The molecule has 2 aliphatic heterocycles. The van der Waals surface area contributed by atoms with Crippen LogP contribution in [0.5, 0.6) is 0 Å². The molecule has 0 aromatic carbocycles. The molecule has 14 heavy (non-hydrogen) atoms. The Morgan fingerprint density at radius 2 is 2.43 bits per heavy atom. The minimum atomic E-state index is 0.675. The number of piperazine rings is 1.